The lowest BCUT2D eigenvalue weighted by molar-refractivity contribution is 0.131. The monoisotopic (exact) mass is 315 g/mol. The topological polar surface area (TPSA) is 106 Å². The number of nitrogens with one attached hydrogen (secondary N) is 2. The Morgan fingerprint density at radius 2 is 1.96 bits per heavy atom. The Bertz CT molecular complexity index is 907. The molecule has 0 saturated heterocycles. The SMILES string of the molecule is COc1ccc(OC(C)(C)C)cc1-c1nc2n[nH]nc2c(=O)[nH]1. The van der Waals surface area contributed by atoms with Gasteiger partial charge in [0.1, 0.15) is 22.9 Å². The summed E-state index contributed by atoms with van der Waals surface area (Å²) in [6.07, 6.45) is 0. The molecular weight excluding hydrogens is 298 g/mol. The van der Waals surface area contributed by atoms with Crippen LogP contribution in [0.4, 0.5) is 0 Å². The van der Waals surface area contributed by atoms with Crippen LogP contribution in [0.1, 0.15) is 20.8 Å². The summed E-state index contributed by atoms with van der Waals surface area (Å²) >= 11 is 0. The van der Waals surface area contributed by atoms with Crippen molar-refractivity contribution in [2.45, 2.75) is 26.4 Å². The molecule has 0 aliphatic rings. The van der Waals surface area contributed by atoms with Crippen LogP contribution in [0.25, 0.3) is 22.6 Å². The van der Waals surface area contributed by atoms with Crippen LogP contribution in [0.15, 0.2) is 23.0 Å². The van der Waals surface area contributed by atoms with Gasteiger partial charge in [-0.15, -0.1) is 10.2 Å². The van der Waals surface area contributed by atoms with Crippen LogP contribution >= 0.6 is 0 Å². The molecule has 0 fully saturated rings. The zero-order valence-electron chi connectivity index (χ0n) is 13.3. The normalized spacial score (nSPS) is 11.7. The summed E-state index contributed by atoms with van der Waals surface area (Å²) in [7, 11) is 1.55. The third-order valence-electron chi connectivity index (χ3n) is 3.04. The van der Waals surface area contributed by atoms with Crippen LogP contribution in [0, 0.1) is 0 Å². The highest BCUT2D eigenvalue weighted by Gasteiger charge is 2.17. The van der Waals surface area contributed by atoms with Gasteiger partial charge in [-0.1, -0.05) is 0 Å². The first-order valence-electron chi connectivity index (χ1n) is 7.05. The average Bonchev–Trinajstić information content (AvgIpc) is 2.94. The number of benzene rings is 1. The van der Waals surface area contributed by atoms with E-state index in [1.54, 1.807) is 25.3 Å². The molecule has 2 aromatic heterocycles. The molecule has 8 nitrogen and oxygen atoms in total. The first-order valence-corrected chi connectivity index (χ1v) is 7.05. The Kier molecular flexibility index (Phi) is 3.51. The molecule has 0 radical (unpaired) electrons. The molecule has 2 heterocycles. The van der Waals surface area contributed by atoms with Crippen LogP contribution in [-0.4, -0.2) is 38.1 Å². The van der Waals surface area contributed by atoms with Crippen molar-refractivity contribution < 1.29 is 9.47 Å². The van der Waals surface area contributed by atoms with Gasteiger partial charge in [-0.25, -0.2) is 4.98 Å². The second-order valence-corrected chi connectivity index (χ2v) is 5.99. The number of nitrogens with zero attached hydrogens (tertiary/aromatic N) is 3. The first kappa shape index (κ1) is 15.0. The van der Waals surface area contributed by atoms with E-state index in [1.165, 1.54) is 0 Å². The summed E-state index contributed by atoms with van der Waals surface area (Å²) in [5.41, 5.74) is 0.296. The number of hydrogen-bond acceptors (Lipinski definition) is 6. The zero-order valence-corrected chi connectivity index (χ0v) is 13.3. The second kappa shape index (κ2) is 5.38. The van der Waals surface area contributed by atoms with Crippen LogP contribution in [0.3, 0.4) is 0 Å². The molecule has 0 spiro atoms. The number of aromatic amines is 2. The van der Waals surface area contributed by atoms with Crippen LogP contribution in [-0.2, 0) is 0 Å². The maximum Gasteiger partial charge on any atom is 0.281 e. The fourth-order valence-corrected chi connectivity index (χ4v) is 2.17. The molecule has 0 aliphatic carbocycles. The van der Waals surface area contributed by atoms with Gasteiger partial charge in [0.15, 0.2) is 5.52 Å². The number of ether oxygens (including phenoxy) is 2. The van der Waals surface area contributed by atoms with Gasteiger partial charge in [-0.05, 0) is 39.0 Å². The number of methoxy groups -OCH3 is 1. The van der Waals surface area contributed by atoms with E-state index < -0.39 is 0 Å². The van der Waals surface area contributed by atoms with Crippen molar-refractivity contribution in [3.8, 4) is 22.9 Å². The molecule has 0 amide bonds. The Morgan fingerprint density at radius 3 is 2.65 bits per heavy atom. The van der Waals surface area contributed by atoms with E-state index in [0.29, 0.717) is 22.9 Å². The van der Waals surface area contributed by atoms with Crippen LogP contribution < -0.4 is 15.0 Å². The molecule has 2 N–H and O–H groups in total. The minimum atomic E-state index is -0.372. The maximum atomic E-state index is 12.1. The summed E-state index contributed by atoms with van der Waals surface area (Å²) in [5, 5.41) is 10.0. The van der Waals surface area contributed by atoms with E-state index in [1.807, 2.05) is 20.8 Å². The Hall–Kier alpha value is -2.90. The van der Waals surface area contributed by atoms with E-state index in [-0.39, 0.29) is 22.3 Å². The smallest absolute Gasteiger partial charge is 0.281 e. The van der Waals surface area contributed by atoms with Gasteiger partial charge in [0.25, 0.3) is 5.56 Å². The van der Waals surface area contributed by atoms with Gasteiger partial charge < -0.3 is 14.5 Å². The quantitative estimate of drug-likeness (QED) is 0.764. The van der Waals surface area contributed by atoms with Crippen molar-refractivity contribution in [2.24, 2.45) is 0 Å². The Labute approximate surface area is 131 Å². The van der Waals surface area contributed by atoms with Gasteiger partial charge in [0.05, 0.1) is 12.7 Å². The van der Waals surface area contributed by atoms with Crippen molar-refractivity contribution in [1.82, 2.24) is 25.4 Å². The highest BCUT2D eigenvalue weighted by atomic mass is 16.5. The van der Waals surface area contributed by atoms with Crippen molar-refractivity contribution in [2.75, 3.05) is 7.11 Å². The molecule has 1 aromatic carbocycles. The van der Waals surface area contributed by atoms with Crippen molar-refractivity contribution in [3.63, 3.8) is 0 Å². The van der Waals surface area contributed by atoms with E-state index in [2.05, 4.69) is 25.4 Å². The fourth-order valence-electron chi connectivity index (χ4n) is 2.17. The average molecular weight is 315 g/mol. The molecule has 0 saturated carbocycles. The molecule has 23 heavy (non-hydrogen) atoms. The molecule has 0 atom stereocenters. The Balaban J connectivity index is 2.15. The summed E-state index contributed by atoms with van der Waals surface area (Å²) < 4.78 is 11.2. The largest absolute Gasteiger partial charge is 0.496 e. The highest BCUT2D eigenvalue weighted by Crippen LogP contribution is 2.32. The summed E-state index contributed by atoms with van der Waals surface area (Å²) in [6, 6.07) is 5.35. The number of fused-ring (bicyclic) bond motifs is 1. The van der Waals surface area contributed by atoms with Crippen molar-refractivity contribution in [1.29, 1.82) is 0 Å². The van der Waals surface area contributed by atoms with E-state index in [9.17, 15) is 4.79 Å². The third kappa shape index (κ3) is 3.01. The number of rotatable bonds is 3. The molecule has 3 aromatic rings. The fraction of sp³-hybridized carbons (Fsp3) is 0.333. The summed E-state index contributed by atoms with van der Waals surface area (Å²) in [5.74, 6) is 1.56. The minimum Gasteiger partial charge on any atom is -0.496 e. The molecule has 0 aliphatic heterocycles. The standard InChI is InChI=1S/C15H17N5O3/c1-15(2,3)23-8-5-6-10(22-4)9(7-8)12-16-13-11(14(21)17-12)18-20-19-13/h5-7H,1-4H3,(H2,16,17,18,19,20,21). The lowest BCUT2D eigenvalue weighted by Gasteiger charge is -2.22. The number of aromatic nitrogens is 5. The van der Waals surface area contributed by atoms with Crippen molar-refractivity contribution >= 4 is 11.2 Å². The predicted molar refractivity (Wildman–Crippen MR) is 84.7 cm³/mol. The van der Waals surface area contributed by atoms with Crippen LogP contribution in [0.2, 0.25) is 0 Å². The third-order valence-corrected chi connectivity index (χ3v) is 3.04. The minimum absolute atomic E-state index is 0.162. The lowest BCUT2D eigenvalue weighted by Crippen LogP contribution is -2.23. The predicted octanol–water partition coefficient (Wildman–Crippen LogP) is 1.89. The van der Waals surface area contributed by atoms with Gasteiger partial charge in [-0.2, -0.15) is 5.21 Å². The number of hydrogen-bond donors (Lipinski definition) is 2. The summed E-state index contributed by atoms with van der Waals surface area (Å²) in [6.45, 7) is 5.87. The van der Waals surface area contributed by atoms with Crippen LogP contribution in [0.5, 0.6) is 11.5 Å². The van der Waals surface area contributed by atoms with Gasteiger partial charge in [0, 0.05) is 0 Å². The number of H-pyrrole nitrogens is 2. The van der Waals surface area contributed by atoms with E-state index in [4.69, 9.17) is 9.47 Å². The van der Waals surface area contributed by atoms with Gasteiger partial charge >= 0.3 is 0 Å². The first-order chi connectivity index (χ1) is 10.9. The zero-order chi connectivity index (χ0) is 16.6. The molecule has 0 bridgehead atoms. The highest BCUT2D eigenvalue weighted by molar-refractivity contribution is 5.73. The molecular formula is C15H17N5O3. The molecule has 0 unspecified atom stereocenters. The maximum absolute atomic E-state index is 12.1. The van der Waals surface area contributed by atoms with E-state index in [0.717, 1.165) is 0 Å². The van der Waals surface area contributed by atoms with Gasteiger partial charge in [-0.3, -0.25) is 4.79 Å². The molecule has 3 rings (SSSR count). The van der Waals surface area contributed by atoms with Crippen molar-refractivity contribution in [3.05, 3.63) is 28.6 Å². The second-order valence-electron chi connectivity index (χ2n) is 5.99. The van der Waals surface area contributed by atoms with Gasteiger partial charge in [0.2, 0.25) is 5.65 Å². The van der Waals surface area contributed by atoms with E-state index >= 15 is 0 Å². The molecule has 120 valence electrons. The lowest BCUT2D eigenvalue weighted by atomic mass is 10.1. The molecule has 8 heteroatoms. The Morgan fingerprint density at radius 1 is 1.17 bits per heavy atom. The summed E-state index contributed by atoms with van der Waals surface area (Å²) in [4.78, 5) is 19.1.